The molecular weight excluding hydrogens is 418 g/mol. The summed E-state index contributed by atoms with van der Waals surface area (Å²) in [7, 11) is -3.54. The van der Waals surface area contributed by atoms with Gasteiger partial charge in [0.15, 0.2) is 11.5 Å². The molecule has 0 spiro atoms. The van der Waals surface area contributed by atoms with Crippen molar-refractivity contribution in [3.63, 3.8) is 0 Å². The van der Waals surface area contributed by atoms with Crippen molar-refractivity contribution in [2.75, 3.05) is 19.9 Å². The van der Waals surface area contributed by atoms with Gasteiger partial charge in [0.05, 0.1) is 5.92 Å². The standard InChI is InChI=1S/C22H21N3O5S/c26-31(27,12-10-16-5-2-1-3-6-16)25-11-4-7-18(14-25)22-24-23-21(30-22)17-8-9-19-20(13-17)29-15-28-19/h1-3,5-6,8-10,12-13,18H,4,7,11,14-15H2/b12-10+. The Hall–Kier alpha value is -3.17. The lowest BCUT2D eigenvalue weighted by molar-refractivity contribution is 0.174. The molecule has 2 aromatic carbocycles. The fourth-order valence-corrected chi connectivity index (χ4v) is 5.01. The molecule has 0 bridgehead atoms. The van der Waals surface area contributed by atoms with Gasteiger partial charge in [0.1, 0.15) is 0 Å². The van der Waals surface area contributed by atoms with Crippen molar-refractivity contribution >= 4 is 16.1 Å². The van der Waals surface area contributed by atoms with E-state index >= 15 is 0 Å². The summed E-state index contributed by atoms with van der Waals surface area (Å²) in [5.41, 5.74) is 1.57. The van der Waals surface area contributed by atoms with Crippen LogP contribution in [0.3, 0.4) is 0 Å². The van der Waals surface area contributed by atoms with E-state index in [-0.39, 0.29) is 12.7 Å². The fourth-order valence-electron chi connectivity index (χ4n) is 3.74. The Kier molecular flexibility index (Phi) is 5.21. The highest BCUT2D eigenvalue weighted by Gasteiger charge is 2.31. The van der Waals surface area contributed by atoms with Crippen LogP contribution in [0.1, 0.15) is 30.2 Å². The highest BCUT2D eigenvalue weighted by atomic mass is 32.2. The van der Waals surface area contributed by atoms with Crippen LogP contribution in [0.5, 0.6) is 11.5 Å². The minimum Gasteiger partial charge on any atom is -0.454 e. The van der Waals surface area contributed by atoms with Crippen molar-refractivity contribution in [1.29, 1.82) is 0 Å². The maximum Gasteiger partial charge on any atom is 0.247 e. The normalized spacial score (nSPS) is 19.2. The first-order chi connectivity index (χ1) is 15.1. The average molecular weight is 439 g/mol. The maximum absolute atomic E-state index is 12.8. The van der Waals surface area contributed by atoms with Crippen LogP contribution in [0, 0.1) is 0 Å². The van der Waals surface area contributed by atoms with Crippen LogP contribution in [0.2, 0.25) is 0 Å². The molecule has 5 rings (SSSR count). The minimum absolute atomic E-state index is 0.149. The van der Waals surface area contributed by atoms with Gasteiger partial charge in [-0.2, -0.15) is 4.31 Å². The second kappa shape index (κ2) is 8.16. The summed E-state index contributed by atoms with van der Waals surface area (Å²) in [6.07, 6.45) is 3.13. The Morgan fingerprint density at radius 3 is 2.74 bits per heavy atom. The third-order valence-corrected chi connectivity index (χ3v) is 6.92. The van der Waals surface area contributed by atoms with E-state index in [2.05, 4.69) is 10.2 Å². The molecule has 1 aromatic heterocycles. The van der Waals surface area contributed by atoms with E-state index in [1.165, 1.54) is 9.71 Å². The molecule has 2 aliphatic rings. The zero-order chi connectivity index (χ0) is 21.3. The monoisotopic (exact) mass is 439 g/mol. The van der Waals surface area contributed by atoms with Gasteiger partial charge in [0.2, 0.25) is 28.6 Å². The van der Waals surface area contributed by atoms with E-state index in [0.717, 1.165) is 24.0 Å². The smallest absolute Gasteiger partial charge is 0.247 e. The van der Waals surface area contributed by atoms with Gasteiger partial charge in [0, 0.05) is 24.1 Å². The lowest BCUT2D eigenvalue weighted by Crippen LogP contribution is -2.38. The van der Waals surface area contributed by atoms with Crippen molar-refractivity contribution in [3.8, 4) is 23.0 Å². The molecule has 8 nitrogen and oxygen atoms in total. The van der Waals surface area contributed by atoms with Crippen LogP contribution in [0.25, 0.3) is 17.5 Å². The zero-order valence-corrected chi connectivity index (χ0v) is 17.5. The molecule has 0 aliphatic carbocycles. The first-order valence-corrected chi connectivity index (χ1v) is 11.6. The summed E-state index contributed by atoms with van der Waals surface area (Å²) in [5.74, 6) is 1.98. The SMILES string of the molecule is O=S(=O)(/C=C/c1ccccc1)N1CCCC(c2nnc(-c3ccc4c(c3)OCO4)o2)C1. The highest BCUT2D eigenvalue weighted by molar-refractivity contribution is 7.92. The van der Waals surface area contributed by atoms with Gasteiger partial charge in [-0.1, -0.05) is 30.3 Å². The molecule has 0 amide bonds. The summed E-state index contributed by atoms with van der Waals surface area (Å²) in [4.78, 5) is 0. The third kappa shape index (κ3) is 4.19. The van der Waals surface area contributed by atoms with E-state index in [1.54, 1.807) is 18.2 Å². The Morgan fingerprint density at radius 1 is 1.03 bits per heavy atom. The average Bonchev–Trinajstić information content (AvgIpc) is 3.48. The fraction of sp³-hybridized carbons (Fsp3) is 0.273. The number of fused-ring (bicyclic) bond motifs is 1. The molecule has 0 radical (unpaired) electrons. The zero-order valence-electron chi connectivity index (χ0n) is 16.7. The second-order valence-corrected chi connectivity index (χ2v) is 9.29. The van der Waals surface area contributed by atoms with Crippen molar-refractivity contribution < 1.29 is 22.3 Å². The highest BCUT2D eigenvalue weighted by Crippen LogP contribution is 2.36. The first-order valence-electron chi connectivity index (χ1n) is 10.1. The number of hydrogen-bond acceptors (Lipinski definition) is 7. The van der Waals surface area contributed by atoms with Crippen LogP contribution in [-0.4, -0.2) is 42.8 Å². The molecule has 1 atom stereocenters. The molecule has 160 valence electrons. The lowest BCUT2D eigenvalue weighted by Gasteiger charge is -2.29. The van der Waals surface area contributed by atoms with Crippen molar-refractivity contribution in [2.45, 2.75) is 18.8 Å². The molecule has 9 heteroatoms. The molecule has 0 saturated carbocycles. The minimum atomic E-state index is -3.54. The maximum atomic E-state index is 12.8. The number of rotatable bonds is 5. The molecule has 3 aromatic rings. The van der Waals surface area contributed by atoms with Crippen LogP contribution >= 0.6 is 0 Å². The summed E-state index contributed by atoms with van der Waals surface area (Å²) in [6.45, 7) is 0.977. The van der Waals surface area contributed by atoms with Crippen LogP contribution in [0.4, 0.5) is 0 Å². The Morgan fingerprint density at radius 2 is 1.87 bits per heavy atom. The molecule has 1 saturated heterocycles. The largest absolute Gasteiger partial charge is 0.454 e. The quantitative estimate of drug-likeness (QED) is 0.599. The van der Waals surface area contributed by atoms with E-state index in [1.807, 2.05) is 36.4 Å². The first kappa shape index (κ1) is 19.8. The Bertz CT molecular complexity index is 1210. The molecule has 0 N–H and O–H groups in total. The van der Waals surface area contributed by atoms with Gasteiger partial charge >= 0.3 is 0 Å². The summed E-state index contributed by atoms with van der Waals surface area (Å²) in [5, 5.41) is 9.61. The van der Waals surface area contributed by atoms with Gasteiger partial charge in [-0.15, -0.1) is 10.2 Å². The topological polar surface area (TPSA) is 94.8 Å². The van der Waals surface area contributed by atoms with Crippen molar-refractivity contribution in [2.24, 2.45) is 0 Å². The van der Waals surface area contributed by atoms with Crippen molar-refractivity contribution in [1.82, 2.24) is 14.5 Å². The van der Waals surface area contributed by atoms with Gasteiger partial charge in [0.25, 0.3) is 0 Å². The summed E-state index contributed by atoms with van der Waals surface area (Å²) >= 11 is 0. The number of hydrogen-bond donors (Lipinski definition) is 0. The van der Waals surface area contributed by atoms with Gasteiger partial charge in [-0.25, -0.2) is 8.42 Å². The molecule has 31 heavy (non-hydrogen) atoms. The molecule has 2 aliphatic heterocycles. The summed E-state index contributed by atoms with van der Waals surface area (Å²) < 4.78 is 43.7. The van der Waals surface area contributed by atoms with Crippen LogP contribution in [0.15, 0.2) is 58.4 Å². The van der Waals surface area contributed by atoms with Crippen LogP contribution < -0.4 is 9.47 Å². The van der Waals surface area contributed by atoms with Crippen LogP contribution in [-0.2, 0) is 10.0 Å². The molecule has 1 unspecified atom stereocenters. The van der Waals surface area contributed by atoms with Crippen molar-refractivity contribution in [3.05, 3.63) is 65.4 Å². The Balaban J connectivity index is 1.31. The predicted octanol–water partition coefficient (Wildman–Crippen LogP) is 3.65. The third-order valence-electron chi connectivity index (χ3n) is 5.39. The molecule has 3 heterocycles. The number of piperidine rings is 1. The number of nitrogens with zero attached hydrogens (tertiary/aromatic N) is 3. The van der Waals surface area contributed by atoms with Gasteiger partial charge < -0.3 is 13.9 Å². The molecule has 1 fully saturated rings. The lowest BCUT2D eigenvalue weighted by atomic mass is 10.00. The van der Waals surface area contributed by atoms with E-state index in [9.17, 15) is 8.42 Å². The number of aromatic nitrogens is 2. The predicted molar refractivity (Wildman–Crippen MR) is 114 cm³/mol. The Labute approximate surface area is 180 Å². The summed E-state index contributed by atoms with van der Waals surface area (Å²) in [6, 6.07) is 14.8. The van der Waals surface area contributed by atoms with Gasteiger partial charge in [-0.05, 0) is 42.7 Å². The second-order valence-electron chi connectivity index (χ2n) is 7.47. The number of ether oxygens (including phenoxy) is 2. The van der Waals surface area contributed by atoms with Gasteiger partial charge in [-0.3, -0.25) is 0 Å². The van der Waals surface area contributed by atoms with E-state index in [4.69, 9.17) is 13.9 Å². The van der Waals surface area contributed by atoms with E-state index in [0.29, 0.717) is 36.4 Å². The number of benzene rings is 2. The number of sulfonamides is 1. The molecular formula is C22H21N3O5S. The van der Waals surface area contributed by atoms with E-state index < -0.39 is 10.0 Å².